The average molecular weight is 718 g/mol. The molecule has 0 amide bonds. The second-order valence-electron chi connectivity index (χ2n) is 13.9. The highest BCUT2D eigenvalue weighted by Gasteiger charge is 2.20. The lowest BCUT2D eigenvalue weighted by molar-refractivity contribution is 1.18. The Labute approximate surface area is 321 Å². The van der Waals surface area contributed by atoms with E-state index in [1.165, 1.54) is 58.2 Å². The number of fused-ring (bicyclic) bond motifs is 8. The van der Waals surface area contributed by atoms with Gasteiger partial charge in [-0.25, -0.2) is 15.0 Å². The van der Waals surface area contributed by atoms with Gasteiger partial charge in [-0.3, -0.25) is 0 Å². The number of nitrogens with zero attached hydrogens (tertiary/aromatic N) is 3. The zero-order valence-corrected chi connectivity index (χ0v) is 30.5. The summed E-state index contributed by atoms with van der Waals surface area (Å²) in [6, 6.07) is 66.5. The van der Waals surface area contributed by atoms with Crippen LogP contribution in [0.15, 0.2) is 188 Å². The maximum absolute atomic E-state index is 5.51. The molecule has 3 nitrogen and oxygen atoms in total. The lowest BCUT2D eigenvalue weighted by atomic mass is 9.91. The van der Waals surface area contributed by atoms with Crippen LogP contribution in [-0.2, 0) is 0 Å². The zero-order valence-electron chi connectivity index (χ0n) is 29.6. The summed E-state index contributed by atoms with van der Waals surface area (Å²) in [5.41, 5.74) is 10.3. The molecular weight excluding hydrogens is 687 g/mol. The quantitative estimate of drug-likeness (QED) is 0.166. The average Bonchev–Trinajstić information content (AvgIpc) is 3.66. The van der Waals surface area contributed by atoms with Crippen molar-refractivity contribution in [3.8, 4) is 56.3 Å². The lowest BCUT2D eigenvalue weighted by Gasteiger charge is -2.15. The van der Waals surface area contributed by atoms with Gasteiger partial charge in [-0.2, -0.15) is 0 Å². The minimum absolute atomic E-state index is 0.691. The minimum atomic E-state index is 0.691. The molecule has 0 unspecified atom stereocenters. The van der Waals surface area contributed by atoms with E-state index in [0.29, 0.717) is 5.82 Å². The SMILES string of the molecule is c1ccc(-c2cc(-c3ccccc3)nc(-c3ccc(-c4nc5cccc(-c6cc7ccccc7c7ccccc67)c5c5sc6ccccc6c45)cc3)n2)cc1. The molecule has 4 heteroatoms. The highest BCUT2D eigenvalue weighted by molar-refractivity contribution is 7.26. The van der Waals surface area contributed by atoms with E-state index in [1.807, 2.05) is 47.7 Å². The first kappa shape index (κ1) is 31.5. The van der Waals surface area contributed by atoms with Crippen molar-refractivity contribution in [2.45, 2.75) is 0 Å². The summed E-state index contributed by atoms with van der Waals surface area (Å²) >= 11 is 1.86. The van der Waals surface area contributed by atoms with E-state index in [9.17, 15) is 0 Å². The van der Waals surface area contributed by atoms with Crippen LogP contribution in [0.5, 0.6) is 0 Å². The Morgan fingerprint density at radius 2 is 0.964 bits per heavy atom. The van der Waals surface area contributed by atoms with Gasteiger partial charge in [0.15, 0.2) is 5.82 Å². The van der Waals surface area contributed by atoms with E-state index in [0.717, 1.165) is 44.9 Å². The Bertz CT molecular complexity index is 3180. The Morgan fingerprint density at radius 1 is 0.364 bits per heavy atom. The maximum Gasteiger partial charge on any atom is 0.160 e. The first-order valence-corrected chi connectivity index (χ1v) is 19.3. The Balaban J connectivity index is 1.11. The summed E-state index contributed by atoms with van der Waals surface area (Å²) < 4.78 is 2.51. The van der Waals surface area contributed by atoms with E-state index in [4.69, 9.17) is 15.0 Å². The smallest absolute Gasteiger partial charge is 0.160 e. The number of hydrogen-bond acceptors (Lipinski definition) is 4. The van der Waals surface area contributed by atoms with Crippen molar-refractivity contribution in [1.82, 2.24) is 15.0 Å². The predicted octanol–water partition coefficient (Wildman–Crippen LogP) is 14.0. The molecule has 0 aliphatic carbocycles. The number of pyridine rings is 1. The van der Waals surface area contributed by atoms with E-state index in [2.05, 4.69) is 152 Å². The van der Waals surface area contributed by atoms with E-state index in [1.54, 1.807) is 0 Å². The van der Waals surface area contributed by atoms with Gasteiger partial charge in [0, 0.05) is 47.8 Å². The third kappa shape index (κ3) is 5.30. The highest BCUT2D eigenvalue weighted by Crippen LogP contribution is 2.47. The van der Waals surface area contributed by atoms with Gasteiger partial charge >= 0.3 is 0 Å². The molecule has 0 radical (unpaired) electrons. The van der Waals surface area contributed by atoms with E-state index < -0.39 is 0 Å². The van der Waals surface area contributed by atoms with Gasteiger partial charge in [0.05, 0.1) is 22.6 Å². The molecule has 0 aliphatic heterocycles. The number of rotatable bonds is 5. The summed E-state index contributed by atoms with van der Waals surface area (Å²) in [7, 11) is 0. The molecule has 0 saturated carbocycles. The van der Waals surface area contributed by atoms with Crippen LogP contribution in [0.25, 0.3) is 109 Å². The van der Waals surface area contributed by atoms with Gasteiger partial charge in [-0.05, 0) is 56.9 Å². The van der Waals surface area contributed by atoms with Crippen LogP contribution in [-0.4, -0.2) is 15.0 Å². The first-order chi connectivity index (χ1) is 27.3. The van der Waals surface area contributed by atoms with Crippen molar-refractivity contribution in [3.05, 3.63) is 188 Å². The van der Waals surface area contributed by atoms with Gasteiger partial charge in [-0.1, -0.05) is 164 Å². The van der Waals surface area contributed by atoms with Crippen LogP contribution in [0, 0.1) is 0 Å². The summed E-state index contributed by atoms with van der Waals surface area (Å²) in [5.74, 6) is 0.691. The second-order valence-corrected chi connectivity index (χ2v) is 15.0. The molecule has 0 spiro atoms. The van der Waals surface area contributed by atoms with Gasteiger partial charge in [0.2, 0.25) is 0 Å². The van der Waals surface area contributed by atoms with Gasteiger partial charge < -0.3 is 0 Å². The first-order valence-electron chi connectivity index (χ1n) is 18.5. The largest absolute Gasteiger partial charge is 0.247 e. The molecular formula is C51H31N3S. The number of aromatic nitrogens is 3. The van der Waals surface area contributed by atoms with E-state index in [-0.39, 0.29) is 0 Å². The van der Waals surface area contributed by atoms with Crippen molar-refractivity contribution in [1.29, 1.82) is 0 Å². The van der Waals surface area contributed by atoms with Gasteiger partial charge in [-0.15, -0.1) is 11.3 Å². The summed E-state index contributed by atoms with van der Waals surface area (Å²) in [5, 5.41) is 8.62. The zero-order chi connectivity index (χ0) is 36.3. The molecule has 0 atom stereocenters. The van der Waals surface area contributed by atoms with Crippen LogP contribution in [0.3, 0.4) is 0 Å². The van der Waals surface area contributed by atoms with Crippen LogP contribution >= 0.6 is 11.3 Å². The highest BCUT2D eigenvalue weighted by atomic mass is 32.1. The molecule has 3 heterocycles. The third-order valence-corrected chi connectivity index (χ3v) is 11.9. The monoisotopic (exact) mass is 717 g/mol. The number of hydrogen-bond donors (Lipinski definition) is 0. The third-order valence-electron chi connectivity index (χ3n) is 10.7. The van der Waals surface area contributed by atoms with Crippen molar-refractivity contribution in [2.24, 2.45) is 0 Å². The van der Waals surface area contributed by atoms with Crippen LogP contribution in [0.2, 0.25) is 0 Å². The topological polar surface area (TPSA) is 38.7 Å². The Morgan fingerprint density at radius 3 is 1.69 bits per heavy atom. The molecule has 256 valence electrons. The molecule has 11 aromatic rings. The molecule has 0 N–H and O–H groups in total. The molecule has 3 aromatic heterocycles. The van der Waals surface area contributed by atoms with Crippen molar-refractivity contribution in [2.75, 3.05) is 0 Å². The normalized spacial score (nSPS) is 11.6. The standard InChI is InChI=1S/C51H31N3S/c1-3-14-32(15-4-1)44-31-45(33-16-5-2-6-17-33)54-51(53-44)35-28-26-34(27-29-35)49-48-41-22-11-12-25-46(41)55-50(48)47-40(23-13-24-43(47)52-49)42-30-36-18-7-8-19-37(36)38-20-9-10-21-39(38)42/h1-31H. The van der Waals surface area contributed by atoms with E-state index >= 15 is 0 Å². The fraction of sp³-hybridized carbons (Fsp3) is 0. The van der Waals surface area contributed by atoms with Crippen molar-refractivity contribution in [3.63, 3.8) is 0 Å². The maximum atomic E-state index is 5.51. The summed E-state index contributed by atoms with van der Waals surface area (Å²) in [4.78, 5) is 15.7. The second kappa shape index (κ2) is 12.8. The van der Waals surface area contributed by atoms with Crippen LogP contribution in [0.4, 0.5) is 0 Å². The molecule has 11 rings (SSSR count). The lowest BCUT2D eigenvalue weighted by Crippen LogP contribution is -1.96. The Kier molecular flexibility index (Phi) is 7.35. The molecule has 0 fully saturated rings. The van der Waals surface area contributed by atoms with Crippen LogP contribution in [0.1, 0.15) is 0 Å². The van der Waals surface area contributed by atoms with Gasteiger partial charge in [0.1, 0.15) is 0 Å². The summed E-state index contributed by atoms with van der Waals surface area (Å²) in [6.07, 6.45) is 0. The molecule has 8 aromatic carbocycles. The predicted molar refractivity (Wildman–Crippen MR) is 232 cm³/mol. The molecule has 0 aliphatic rings. The fourth-order valence-corrected chi connectivity index (χ4v) is 9.35. The number of thiophene rings is 1. The molecule has 55 heavy (non-hydrogen) atoms. The van der Waals surface area contributed by atoms with Crippen molar-refractivity contribution < 1.29 is 0 Å². The van der Waals surface area contributed by atoms with Gasteiger partial charge in [0.25, 0.3) is 0 Å². The summed E-state index contributed by atoms with van der Waals surface area (Å²) in [6.45, 7) is 0. The van der Waals surface area contributed by atoms with Crippen LogP contribution < -0.4 is 0 Å². The van der Waals surface area contributed by atoms with Crippen molar-refractivity contribution >= 4 is 64.0 Å². The Hall–Kier alpha value is -7.01. The number of benzene rings is 8. The fourth-order valence-electron chi connectivity index (χ4n) is 8.08. The molecule has 0 bridgehead atoms. The molecule has 0 saturated heterocycles. The minimum Gasteiger partial charge on any atom is -0.247 e.